The molecule has 0 radical (unpaired) electrons. The SMILES string of the molecule is C=CC(=O)N1C[C@@H]2[C@@H](C#Cc3c(-c4ccc(F)c5c4OCO5)c4c(N)ncnc4n3C(C)C)[C@@H]2C1. The molecule has 6 rings (SSSR count). The maximum absolute atomic E-state index is 14.4. The molecule has 178 valence electrons. The fraction of sp³-hybridized carbons (Fsp3) is 0.346. The third-order valence-corrected chi connectivity index (χ3v) is 7.11. The van der Waals surface area contributed by atoms with Crippen molar-refractivity contribution < 1.29 is 18.7 Å². The first kappa shape index (κ1) is 21.5. The van der Waals surface area contributed by atoms with Gasteiger partial charge in [0.2, 0.25) is 18.4 Å². The molecule has 3 aromatic rings. The average Bonchev–Trinajstić information content (AvgIpc) is 3.28. The summed E-state index contributed by atoms with van der Waals surface area (Å²) in [6.45, 7) is 9.00. The number of rotatable bonds is 3. The summed E-state index contributed by atoms with van der Waals surface area (Å²) in [4.78, 5) is 22.5. The normalized spacial score (nSPS) is 21.7. The number of nitrogens with zero attached hydrogens (tertiary/aromatic N) is 4. The number of piperidine rings is 1. The highest BCUT2D eigenvalue weighted by Gasteiger charge is 2.55. The van der Waals surface area contributed by atoms with Crippen LogP contribution in [-0.2, 0) is 4.79 Å². The standard InChI is InChI=1S/C26H24FN5O3/c1-4-20(33)31-9-16-14(17(16)10-31)6-8-19-21(15-5-7-18(27)24-23(15)34-12-35-24)22-25(28)29-11-30-26(22)32(19)13(2)3/h4-5,7,11,13-14,16-17H,1,9-10,12H2,2-3H3,(H2,28,29,30)/t14-,16-,17+. The van der Waals surface area contributed by atoms with E-state index in [-0.39, 0.29) is 30.4 Å². The molecule has 4 heterocycles. The Labute approximate surface area is 201 Å². The van der Waals surface area contributed by atoms with Gasteiger partial charge in [-0.05, 0) is 49.8 Å². The van der Waals surface area contributed by atoms with E-state index in [4.69, 9.17) is 15.2 Å². The van der Waals surface area contributed by atoms with Crippen molar-refractivity contribution in [1.82, 2.24) is 19.4 Å². The van der Waals surface area contributed by atoms with Crippen LogP contribution in [0.3, 0.4) is 0 Å². The molecule has 3 atom stereocenters. The Morgan fingerprint density at radius 2 is 2.00 bits per heavy atom. The number of carbonyl (C=O) groups excluding carboxylic acids is 1. The molecule has 1 amide bonds. The largest absolute Gasteiger partial charge is 0.453 e. The maximum Gasteiger partial charge on any atom is 0.245 e. The average molecular weight is 474 g/mol. The van der Waals surface area contributed by atoms with Gasteiger partial charge < -0.3 is 24.7 Å². The maximum atomic E-state index is 14.4. The van der Waals surface area contributed by atoms with Crippen LogP contribution in [-0.4, -0.2) is 45.2 Å². The van der Waals surface area contributed by atoms with Crippen LogP contribution >= 0.6 is 0 Å². The first-order chi connectivity index (χ1) is 16.9. The highest BCUT2D eigenvalue weighted by molar-refractivity contribution is 6.05. The number of amides is 1. The smallest absolute Gasteiger partial charge is 0.245 e. The number of anilines is 1. The number of halogens is 1. The van der Waals surface area contributed by atoms with Gasteiger partial charge in [-0.15, -0.1) is 0 Å². The summed E-state index contributed by atoms with van der Waals surface area (Å²) >= 11 is 0. The van der Waals surface area contributed by atoms with E-state index in [1.165, 1.54) is 18.5 Å². The molecule has 1 saturated carbocycles. The Bertz CT molecular complexity index is 1460. The molecule has 2 aromatic heterocycles. The van der Waals surface area contributed by atoms with Crippen LogP contribution in [0, 0.1) is 35.4 Å². The number of aromatic nitrogens is 3. The van der Waals surface area contributed by atoms with Gasteiger partial charge in [-0.3, -0.25) is 4.79 Å². The van der Waals surface area contributed by atoms with Gasteiger partial charge in [-0.1, -0.05) is 12.5 Å². The van der Waals surface area contributed by atoms with Crippen molar-refractivity contribution in [2.24, 2.45) is 17.8 Å². The number of hydrogen-bond donors (Lipinski definition) is 1. The Balaban J connectivity index is 1.50. The first-order valence-electron chi connectivity index (χ1n) is 11.6. The second-order valence-corrected chi connectivity index (χ2v) is 9.37. The lowest BCUT2D eigenvalue weighted by Crippen LogP contribution is -2.29. The van der Waals surface area contributed by atoms with Gasteiger partial charge in [-0.25, -0.2) is 14.4 Å². The van der Waals surface area contributed by atoms with Crippen LogP contribution in [0.5, 0.6) is 11.5 Å². The van der Waals surface area contributed by atoms with Crippen LogP contribution in [0.25, 0.3) is 22.2 Å². The highest BCUT2D eigenvalue weighted by atomic mass is 19.1. The van der Waals surface area contributed by atoms with Crippen molar-refractivity contribution in [2.45, 2.75) is 19.9 Å². The van der Waals surface area contributed by atoms with Crippen LogP contribution < -0.4 is 15.2 Å². The topological polar surface area (TPSA) is 95.5 Å². The zero-order valence-corrected chi connectivity index (χ0v) is 19.4. The third-order valence-electron chi connectivity index (χ3n) is 7.11. The summed E-state index contributed by atoms with van der Waals surface area (Å²) in [6.07, 6.45) is 2.79. The summed E-state index contributed by atoms with van der Waals surface area (Å²) in [5.41, 5.74) is 9.06. The van der Waals surface area contributed by atoms with Gasteiger partial charge >= 0.3 is 0 Å². The summed E-state index contributed by atoms with van der Waals surface area (Å²) in [6, 6.07) is 3.04. The monoisotopic (exact) mass is 473 g/mol. The Morgan fingerprint density at radius 3 is 2.71 bits per heavy atom. The molecular formula is C26H24FN5O3. The molecule has 3 aliphatic rings. The highest BCUT2D eigenvalue weighted by Crippen LogP contribution is 2.52. The van der Waals surface area contributed by atoms with Crippen LogP contribution in [0.4, 0.5) is 10.2 Å². The van der Waals surface area contributed by atoms with E-state index < -0.39 is 5.82 Å². The van der Waals surface area contributed by atoms with Crippen molar-refractivity contribution in [3.63, 3.8) is 0 Å². The molecule has 1 aliphatic carbocycles. The lowest BCUT2D eigenvalue weighted by Gasteiger charge is -2.16. The minimum atomic E-state index is -0.491. The van der Waals surface area contributed by atoms with E-state index in [9.17, 15) is 9.18 Å². The molecule has 0 unspecified atom stereocenters. The number of fused-ring (bicyclic) bond motifs is 3. The van der Waals surface area contributed by atoms with Gasteiger partial charge in [-0.2, -0.15) is 0 Å². The van der Waals surface area contributed by atoms with E-state index in [2.05, 4.69) is 28.4 Å². The quantitative estimate of drug-likeness (QED) is 0.463. The molecule has 1 saturated heterocycles. The fourth-order valence-corrected chi connectivity index (χ4v) is 5.41. The van der Waals surface area contributed by atoms with Gasteiger partial charge in [0.15, 0.2) is 11.6 Å². The first-order valence-corrected chi connectivity index (χ1v) is 11.6. The number of benzene rings is 1. The Morgan fingerprint density at radius 1 is 1.26 bits per heavy atom. The fourth-order valence-electron chi connectivity index (χ4n) is 5.41. The number of ether oxygens (including phenoxy) is 2. The molecule has 9 heteroatoms. The van der Waals surface area contributed by atoms with Crippen molar-refractivity contribution in [2.75, 3.05) is 25.6 Å². The minimum Gasteiger partial charge on any atom is -0.453 e. The van der Waals surface area contributed by atoms with Gasteiger partial charge in [0.25, 0.3) is 0 Å². The zero-order chi connectivity index (χ0) is 24.4. The van der Waals surface area contributed by atoms with Crippen molar-refractivity contribution in [3.8, 4) is 34.5 Å². The molecule has 2 N–H and O–H groups in total. The zero-order valence-electron chi connectivity index (χ0n) is 19.4. The summed E-state index contributed by atoms with van der Waals surface area (Å²) in [5, 5.41) is 0.647. The van der Waals surface area contributed by atoms with Gasteiger partial charge in [0.05, 0.1) is 5.39 Å². The van der Waals surface area contributed by atoms with Crippen LogP contribution in [0.2, 0.25) is 0 Å². The molecular weight excluding hydrogens is 449 g/mol. The molecule has 35 heavy (non-hydrogen) atoms. The molecule has 2 aliphatic heterocycles. The predicted molar refractivity (Wildman–Crippen MR) is 128 cm³/mol. The van der Waals surface area contributed by atoms with Crippen LogP contribution in [0.1, 0.15) is 25.6 Å². The second kappa shape index (κ2) is 7.73. The second-order valence-electron chi connectivity index (χ2n) is 9.37. The molecule has 1 aromatic carbocycles. The minimum absolute atomic E-state index is 0.0231. The van der Waals surface area contributed by atoms with Crippen molar-refractivity contribution in [1.29, 1.82) is 0 Å². The van der Waals surface area contributed by atoms with E-state index in [0.29, 0.717) is 58.7 Å². The van der Waals surface area contributed by atoms with E-state index in [1.807, 2.05) is 23.3 Å². The summed E-state index contributed by atoms with van der Waals surface area (Å²) in [5.74, 6) is 7.97. The number of carbonyl (C=O) groups is 1. The van der Waals surface area contributed by atoms with Crippen molar-refractivity contribution in [3.05, 3.63) is 42.6 Å². The van der Waals surface area contributed by atoms with Gasteiger partial charge in [0, 0.05) is 36.2 Å². The lowest BCUT2D eigenvalue weighted by molar-refractivity contribution is -0.125. The Hall–Kier alpha value is -4.06. The number of nitrogen functional groups attached to an aromatic ring is 1. The lowest BCUT2D eigenvalue weighted by atomic mass is 10.0. The molecule has 2 fully saturated rings. The van der Waals surface area contributed by atoms with Crippen LogP contribution in [0.15, 0.2) is 31.1 Å². The molecule has 8 nitrogen and oxygen atoms in total. The third kappa shape index (κ3) is 3.16. The number of nitrogens with two attached hydrogens (primary N) is 1. The van der Waals surface area contributed by atoms with E-state index in [1.54, 1.807) is 6.07 Å². The Kier molecular flexibility index (Phi) is 4.74. The van der Waals surface area contributed by atoms with Gasteiger partial charge in [0.1, 0.15) is 23.5 Å². The van der Waals surface area contributed by atoms with E-state index >= 15 is 0 Å². The summed E-state index contributed by atoms with van der Waals surface area (Å²) < 4.78 is 27.5. The number of likely N-dealkylation sites (tertiary alicyclic amines) is 1. The number of hydrogen-bond acceptors (Lipinski definition) is 6. The van der Waals surface area contributed by atoms with Crippen molar-refractivity contribution >= 4 is 22.8 Å². The molecule has 0 spiro atoms. The summed E-state index contributed by atoms with van der Waals surface area (Å²) in [7, 11) is 0. The van der Waals surface area contributed by atoms with E-state index in [0.717, 1.165) is 5.69 Å². The predicted octanol–water partition coefficient (Wildman–Crippen LogP) is 3.37. The molecule has 0 bridgehead atoms.